The molecule has 2 atom stereocenters. The lowest BCUT2D eigenvalue weighted by atomic mass is 9.99. The number of amides is 2. The first-order valence-electron chi connectivity index (χ1n) is 13.4. The number of hydrogen-bond acceptors (Lipinski definition) is 6. The molecule has 2 bridgehead atoms. The lowest BCUT2D eigenvalue weighted by Gasteiger charge is -2.38. The number of pyridine rings is 1. The fourth-order valence-corrected chi connectivity index (χ4v) is 5.27. The second-order valence-corrected chi connectivity index (χ2v) is 10.3. The molecular weight excluding hydrogens is 548 g/mol. The van der Waals surface area contributed by atoms with Crippen molar-refractivity contribution in [2.24, 2.45) is 0 Å². The third kappa shape index (κ3) is 5.67. The summed E-state index contributed by atoms with van der Waals surface area (Å²) in [5, 5.41) is 2.51. The van der Waals surface area contributed by atoms with Crippen LogP contribution in [0.1, 0.15) is 57.8 Å². The average Bonchev–Trinajstić information content (AvgIpc) is 3.12. The zero-order valence-corrected chi connectivity index (χ0v) is 23.1. The second kappa shape index (κ2) is 12.0. The Hall–Kier alpha value is -4.80. The Kier molecular flexibility index (Phi) is 8.19. The van der Waals surface area contributed by atoms with E-state index in [0.29, 0.717) is 24.5 Å². The van der Waals surface area contributed by atoms with Crippen LogP contribution in [0, 0.1) is 11.6 Å². The largest absolute Gasteiger partial charge is 0.483 e. The molecule has 0 aliphatic carbocycles. The van der Waals surface area contributed by atoms with Crippen molar-refractivity contribution in [2.75, 3.05) is 13.7 Å². The number of benzene rings is 2. The van der Waals surface area contributed by atoms with Crippen molar-refractivity contribution in [2.45, 2.75) is 45.0 Å². The first kappa shape index (κ1) is 28.7. The molecule has 1 aromatic heterocycles. The van der Waals surface area contributed by atoms with Gasteiger partial charge in [-0.15, -0.1) is 0 Å². The minimum atomic E-state index is -0.847. The number of nitrogens with one attached hydrogen (secondary N) is 1. The molecule has 2 aromatic carbocycles. The van der Waals surface area contributed by atoms with Crippen molar-refractivity contribution in [1.82, 2.24) is 14.8 Å². The number of carbonyl (C=O) groups excluding carboxylic acids is 3. The Morgan fingerprint density at radius 1 is 1.12 bits per heavy atom. The molecule has 1 N–H and O–H groups in total. The predicted octanol–water partition coefficient (Wildman–Crippen LogP) is 3.91. The molecule has 3 heterocycles. The van der Waals surface area contributed by atoms with Crippen LogP contribution in [-0.4, -0.2) is 46.9 Å². The van der Waals surface area contributed by atoms with Crippen LogP contribution in [0.3, 0.4) is 0 Å². The number of hydrogen-bond donors (Lipinski definition) is 1. The van der Waals surface area contributed by atoms with E-state index in [4.69, 9.17) is 9.47 Å². The van der Waals surface area contributed by atoms with Crippen molar-refractivity contribution in [3.05, 3.63) is 111 Å². The summed E-state index contributed by atoms with van der Waals surface area (Å²) in [4.78, 5) is 54.8. The lowest BCUT2D eigenvalue weighted by molar-refractivity contribution is -0.134. The third-order valence-electron chi connectivity index (χ3n) is 7.60. The number of methoxy groups -OCH3 is 1. The number of rotatable bonds is 7. The van der Waals surface area contributed by atoms with Crippen LogP contribution in [0.15, 0.2) is 71.2 Å². The lowest BCUT2D eigenvalue weighted by Crippen LogP contribution is -2.48. The van der Waals surface area contributed by atoms with Gasteiger partial charge in [0.1, 0.15) is 23.8 Å². The maximum absolute atomic E-state index is 14.2. The van der Waals surface area contributed by atoms with Crippen LogP contribution in [0.25, 0.3) is 0 Å². The minimum Gasteiger partial charge on any atom is -0.483 e. The molecule has 2 aliphatic rings. The fourth-order valence-electron chi connectivity index (χ4n) is 5.27. The van der Waals surface area contributed by atoms with E-state index in [2.05, 4.69) is 5.32 Å². The molecule has 1 saturated heterocycles. The molecule has 5 rings (SSSR count). The topological polar surface area (TPSA) is 107 Å². The highest BCUT2D eigenvalue weighted by molar-refractivity contribution is 5.99. The SMILES string of the molecule is COC(=O)C=C1CC[C@H](C)N2C[C@H]1n1cc(C(=O)NCc3ccc(F)cc3F)c(=O)c(OCc3ccccc3)c1C2=O. The van der Waals surface area contributed by atoms with Crippen molar-refractivity contribution in [1.29, 1.82) is 0 Å². The molecule has 0 unspecified atom stereocenters. The van der Waals surface area contributed by atoms with Crippen molar-refractivity contribution < 1.29 is 32.6 Å². The van der Waals surface area contributed by atoms with E-state index >= 15 is 0 Å². The van der Waals surface area contributed by atoms with Gasteiger partial charge in [0.25, 0.3) is 11.8 Å². The van der Waals surface area contributed by atoms with Crippen LogP contribution >= 0.6 is 0 Å². The van der Waals surface area contributed by atoms with Gasteiger partial charge in [-0.05, 0) is 37.0 Å². The zero-order valence-electron chi connectivity index (χ0n) is 23.1. The van der Waals surface area contributed by atoms with Crippen molar-refractivity contribution >= 4 is 17.8 Å². The van der Waals surface area contributed by atoms with E-state index < -0.39 is 40.9 Å². The third-order valence-corrected chi connectivity index (χ3v) is 7.60. The molecule has 1 fully saturated rings. The first-order valence-corrected chi connectivity index (χ1v) is 13.4. The fraction of sp³-hybridized carbons (Fsp3) is 0.290. The molecule has 3 aromatic rings. The number of nitrogens with zero attached hydrogens (tertiary/aromatic N) is 2. The first-order chi connectivity index (χ1) is 20.2. The Balaban J connectivity index is 1.61. The number of aromatic nitrogens is 1. The zero-order chi connectivity index (χ0) is 30.0. The van der Waals surface area contributed by atoms with Gasteiger partial charge in [-0.1, -0.05) is 36.4 Å². The summed E-state index contributed by atoms with van der Waals surface area (Å²) in [5.41, 5.74) is 0.252. The summed E-state index contributed by atoms with van der Waals surface area (Å²) in [7, 11) is 1.27. The van der Waals surface area contributed by atoms with E-state index in [-0.39, 0.29) is 48.3 Å². The van der Waals surface area contributed by atoms with Crippen molar-refractivity contribution in [3.8, 4) is 5.75 Å². The molecule has 11 heteroatoms. The maximum Gasteiger partial charge on any atom is 0.330 e. The predicted molar refractivity (Wildman–Crippen MR) is 148 cm³/mol. The summed E-state index contributed by atoms with van der Waals surface area (Å²) >= 11 is 0. The molecule has 0 saturated carbocycles. The van der Waals surface area contributed by atoms with Crippen LogP contribution in [0.5, 0.6) is 5.75 Å². The maximum atomic E-state index is 14.2. The Bertz CT molecular complexity index is 1640. The van der Waals surface area contributed by atoms with Gasteiger partial charge < -0.3 is 24.3 Å². The Morgan fingerprint density at radius 3 is 2.60 bits per heavy atom. The summed E-state index contributed by atoms with van der Waals surface area (Å²) in [6.07, 6.45) is 3.70. The standard InChI is InChI=1S/C31H29F2N3O6/c1-18-8-9-20(12-26(37)41-2)25-16-35(18)31(40)27-29(42-17-19-6-4-3-5-7-19)28(38)23(15-36(25)27)30(39)34-14-21-10-11-22(32)13-24(21)33/h3-7,10-13,15,18,25H,8-9,14,16-17H2,1-2H3,(H,34,39)/t18-,25+/m0/s1. The number of carbonyl (C=O) groups is 3. The highest BCUT2D eigenvalue weighted by Gasteiger charge is 2.41. The summed E-state index contributed by atoms with van der Waals surface area (Å²) < 4.78 is 39.9. The smallest absolute Gasteiger partial charge is 0.330 e. The molecule has 2 aliphatic heterocycles. The highest BCUT2D eigenvalue weighted by Crippen LogP contribution is 2.37. The van der Waals surface area contributed by atoms with Crippen molar-refractivity contribution in [3.63, 3.8) is 0 Å². The van der Waals surface area contributed by atoms with Crippen LogP contribution in [0.4, 0.5) is 8.78 Å². The van der Waals surface area contributed by atoms with E-state index in [0.717, 1.165) is 11.6 Å². The Morgan fingerprint density at radius 2 is 1.88 bits per heavy atom. The number of ether oxygens (including phenoxy) is 2. The minimum absolute atomic E-state index is 0.0234. The molecule has 9 nitrogen and oxygen atoms in total. The van der Waals surface area contributed by atoms with Gasteiger partial charge in [0.2, 0.25) is 5.43 Å². The van der Waals surface area contributed by atoms with E-state index in [1.165, 1.54) is 30.0 Å². The molecule has 42 heavy (non-hydrogen) atoms. The van der Waals surface area contributed by atoms with Gasteiger partial charge in [-0.2, -0.15) is 0 Å². The van der Waals surface area contributed by atoms with Gasteiger partial charge in [-0.25, -0.2) is 13.6 Å². The number of halogens is 2. The summed E-state index contributed by atoms with van der Waals surface area (Å²) in [6.45, 7) is 1.74. The van der Waals surface area contributed by atoms with Crippen LogP contribution in [0.2, 0.25) is 0 Å². The summed E-state index contributed by atoms with van der Waals surface area (Å²) in [6, 6.07) is 11.2. The van der Waals surface area contributed by atoms with Gasteiger partial charge >= 0.3 is 5.97 Å². The van der Waals surface area contributed by atoms with E-state index in [1.807, 2.05) is 13.0 Å². The molecule has 2 amide bonds. The average molecular weight is 578 g/mol. The van der Waals surface area contributed by atoms with Crippen LogP contribution in [-0.2, 0) is 22.7 Å². The number of esters is 1. The van der Waals surface area contributed by atoms with Gasteiger partial charge in [-0.3, -0.25) is 14.4 Å². The molecule has 218 valence electrons. The second-order valence-electron chi connectivity index (χ2n) is 10.3. The molecule has 0 radical (unpaired) electrons. The summed E-state index contributed by atoms with van der Waals surface area (Å²) in [5.74, 6) is -3.74. The number of fused-ring (bicyclic) bond motifs is 4. The molecule has 0 spiro atoms. The van der Waals surface area contributed by atoms with Crippen LogP contribution < -0.4 is 15.5 Å². The van der Waals surface area contributed by atoms with E-state index in [9.17, 15) is 28.0 Å². The normalized spacial score (nSPS) is 18.7. The van der Waals surface area contributed by atoms with Gasteiger partial charge in [0, 0.05) is 43.0 Å². The highest BCUT2D eigenvalue weighted by atomic mass is 19.1. The van der Waals surface area contributed by atoms with Gasteiger partial charge in [0.15, 0.2) is 11.4 Å². The quantitative estimate of drug-likeness (QED) is 0.337. The van der Waals surface area contributed by atoms with Gasteiger partial charge in [0.05, 0.1) is 13.2 Å². The molecular formula is C31H29F2N3O6. The van der Waals surface area contributed by atoms with E-state index in [1.54, 1.807) is 29.2 Å². The monoisotopic (exact) mass is 577 g/mol. The Labute approximate surface area is 240 Å².